The second-order valence-corrected chi connectivity index (χ2v) is 13.4. The number of hydrogen-bond acceptors (Lipinski definition) is 2. The molecule has 0 aromatic heterocycles. The summed E-state index contributed by atoms with van der Waals surface area (Å²) < 4.78 is 0. The fourth-order valence-electron chi connectivity index (χ4n) is 6.97. The highest BCUT2D eigenvalue weighted by Gasteiger charge is 2.62. The first-order chi connectivity index (χ1) is 10.6. The summed E-state index contributed by atoms with van der Waals surface area (Å²) in [7, 11) is 0. The van der Waals surface area contributed by atoms with Crippen LogP contribution in [0.1, 0.15) is 80.1 Å². The molecule has 4 bridgehead atoms. The molecule has 4 aliphatic rings. The minimum Gasteiger partial charge on any atom is -0.147 e. The van der Waals surface area contributed by atoms with Gasteiger partial charge in [-0.25, -0.2) is 0 Å². The van der Waals surface area contributed by atoms with Crippen molar-refractivity contribution in [2.45, 2.75) is 90.6 Å². The van der Waals surface area contributed by atoms with Crippen molar-refractivity contribution in [2.75, 3.05) is 5.08 Å². The van der Waals surface area contributed by atoms with Crippen LogP contribution in [0, 0.1) is 33.5 Å². The molecule has 0 spiro atoms. The first kappa shape index (κ1) is 17.1. The average Bonchev–Trinajstić information content (AvgIpc) is 2.98. The maximum atomic E-state index is 2.60. The third-order valence-corrected chi connectivity index (χ3v) is 13.3. The highest BCUT2D eigenvalue weighted by atomic mass is 32.2. The summed E-state index contributed by atoms with van der Waals surface area (Å²) in [5.74, 6) is 1.99. The third kappa shape index (κ3) is 2.06. The Morgan fingerprint density at radius 1 is 0.696 bits per heavy atom. The average molecular weight is 353 g/mol. The van der Waals surface area contributed by atoms with Crippen LogP contribution in [0.2, 0.25) is 0 Å². The molecule has 4 rings (SSSR count). The van der Waals surface area contributed by atoms with Crippen LogP contribution in [0.5, 0.6) is 0 Å². The van der Waals surface area contributed by atoms with E-state index in [4.69, 9.17) is 0 Å². The number of thioether (sulfide) groups is 2. The van der Waals surface area contributed by atoms with Gasteiger partial charge in [0.2, 0.25) is 0 Å². The molecule has 2 heteroatoms. The predicted octanol–water partition coefficient (Wildman–Crippen LogP) is 6.84. The number of rotatable bonds is 4. The Morgan fingerprint density at radius 2 is 1.09 bits per heavy atom. The molecule has 0 aliphatic heterocycles. The van der Waals surface area contributed by atoms with Crippen molar-refractivity contribution < 1.29 is 0 Å². The largest absolute Gasteiger partial charge is 0.147 e. The zero-order valence-corrected chi connectivity index (χ0v) is 17.7. The quantitative estimate of drug-likeness (QED) is 0.508. The molecular formula is C21H36S2. The Balaban J connectivity index is 1.36. The van der Waals surface area contributed by atoms with Gasteiger partial charge in [0.25, 0.3) is 0 Å². The lowest BCUT2D eigenvalue weighted by Gasteiger charge is -2.40. The van der Waals surface area contributed by atoms with Gasteiger partial charge in [-0.05, 0) is 72.0 Å². The van der Waals surface area contributed by atoms with Crippen molar-refractivity contribution in [3.05, 3.63) is 0 Å². The topological polar surface area (TPSA) is 0 Å². The van der Waals surface area contributed by atoms with Gasteiger partial charge in [-0.3, -0.25) is 0 Å². The van der Waals surface area contributed by atoms with Crippen LogP contribution < -0.4 is 0 Å². The molecule has 4 saturated carbocycles. The van der Waals surface area contributed by atoms with E-state index in [1.807, 2.05) is 0 Å². The predicted molar refractivity (Wildman–Crippen MR) is 106 cm³/mol. The lowest BCUT2D eigenvalue weighted by atomic mass is 9.71. The molecule has 0 N–H and O–H groups in total. The van der Waals surface area contributed by atoms with Crippen LogP contribution in [0.15, 0.2) is 0 Å². The normalized spacial score (nSPS) is 52.4. The van der Waals surface area contributed by atoms with Crippen molar-refractivity contribution in [1.29, 1.82) is 0 Å². The fourth-order valence-corrected chi connectivity index (χ4v) is 10.9. The summed E-state index contributed by atoms with van der Waals surface area (Å²) in [5, 5.41) is 3.18. The lowest BCUT2D eigenvalue weighted by molar-refractivity contribution is 0.156. The molecule has 4 fully saturated rings. The molecule has 132 valence electrons. The molecule has 0 heterocycles. The van der Waals surface area contributed by atoms with E-state index < -0.39 is 0 Å². The smallest absolute Gasteiger partial charge is 0.0398 e. The van der Waals surface area contributed by atoms with Crippen LogP contribution in [0.4, 0.5) is 0 Å². The molecule has 4 aliphatic carbocycles. The minimum atomic E-state index is 0.579. The van der Waals surface area contributed by atoms with Crippen molar-refractivity contribution in [3.63, 3.8) is 0 Å². The lowest BCUT2D eigenvalue weighted by Crippen LogP contribution is -2.35. The van der Waals surface area contributed by atoms with Gasteiger partial charge in [-0.15, -0.1) is 23.5 Å². The van der Waals surface area contributed by atoms with Gasteiger partial charge in [0.05, 0.1) is 0 Å². The van der Waals surface area contributed by atoms with Gasteiger partial charge in [0.1, 0.15) is 0 Å². The van der Waals surface area contributed by atoms with E-state index in [-0.39, 0.29) is 0 Å². The van der Waals surface area contributed by atoms with Crippen LogP contribution in [-0.4, -0.2) is 15.6 Å². The Bertz CT molecular complexity index is 452. The fraction of sp³-hybridized carbons (Fsp3) is 1.00. The summed E-state index contributed by atoms with van der Waals surface area (Å²) >= 11 is 4.65. The standard InChI is InChI=1S/C21H36S2/c1-18(2)14-7-9-20(18,5)16(11-14)22-13-23-17-12-15-8-10-21(17,6)19(15,3)4/h14-17H,7-13H2,1-6H3/t14-,15-,16?,17?,20+,21+/m0/s1. The van der Waals surface area contributed by atoms with Gasteiger partial charge in [0, 0.05) is 15.6 Å². The summed E-state index contributed by atoms with van der Waals surface area (Å²) in [4.78, 5) is 0. The van der Waals surface area contributed by atoms with Gasteiger partial charge in [-0.1, -0.05) is 41.5 Å². The highest BCUT2D eigenvalue weighted by Crippen LogP contribution is 2.70. The Labute approximate surface area is 152 Å². The molecule has 0 aromatic rings. The van der Waals surface area contributed by atoms with Gasteiger partial charge in [-0.2, -0.15) is 0 Å². The SMILES string of the molecule is CC1(C)[C@H]2CC[C@]1(C)C(SCSC1C[C@@H]3CC[C@@]1(C)C3(C)C)C2. The number of fused-ring (bicyclic) bond motifs is 4. The number of hydrogen-bond donors (Lipinski definition) is 0. The van der Waals surface area contributed by atoms with E-state index in [1.165, 1.54) is 43.6 Å². The van der Waals surface area contributed by atoms with Crippen molar-refractivity contribution in [2.24, 2.45) is 33.5 Å². The Morgan fingerprint density at radius 3 is 1.35 bits per heavy atom. The Kier molecular flexibility index (Phi) is 3.81. The maximum Gasteiger partial charge on any atom is 0.0398 e. The summed E-state index contributed by atoms with van der Waals surface area (Å²) in [6.07, 6.45) is 8.91. The van der Waals surface area contributed by atoms with Crippen LogP contribution in [-0.2, 0) is 0 Å². The first-order valence-corrected chi connectivity index (χ1v) is 12.0. The summed E-state index contributed by atoms with van der Waals surface area (Å²) in [5.41, 5.74) is 2.35. The molecular weight excluding hydrogens is 316 g/mol. The molecule has 2 unspecified atom stereocenters. The maximum absolute atomic E-state index is 2.60. The van der Waals surface area contributed by atoms with E-state index in [1.54, 1.807) is 0 Å². The van der Waals surface area contributed by atoms with E-state index in [0.717, 1.165) is 22.3 Å². The summed E-state index contributed by atoms with van der Waals surface area (Å²) in [6, 6.07) is 0. The van der Waals surface area contributed by atoms with Gasteiger partial charge < -0.3 is 0 Å². The van der Waals surface area contributed by atoms with Gasteiger partial charge >= 0.3 is 0 Å². The molecule has 0 saturated heterocycles. The van der Waals surface area contributed by atoms with Crippen LogP contribution in [0.25, 0.3) is 0 Å². The second-order valence-electron chi connectivity index (χ2n) is 10.6. The zero-order valence-electron chi connectivity index (χ0n) is 16.1. The van der Waals surface area contributed by atoms with Crippen molar-refractivity contribution in [1.82, 2.24) is 0 Å². The first-order valence-electron chi connectivity index (χ1n) is 9.86. The Hall–Kier alpha value is 0.700. The monoisotopic (exact) mass is 352 g/mol. The van der Waals surface area contributed by atoms with Gasteiger partial charge in [0.15, 0.2) is 0 Å². The molecule has 0 radical (unpaired) electrons. The molecule has 0 aromatic carbocycles. The van der Waals surface area contributed by atoms with E-state index in [9.17, 15) is 0 Å². The molecule has 0 nitrogen and oxygen atoms in total. The summed E-state index contributed by atoms with van der Waals surface area (Å²) in [6.45, 7) is 15.4. The molecule has 6 atom stereocenters. The molecule has 0 amide bonds. The van der Waals surface area contributed by atoms with E-state index in [2.05, 4.69) is 65.1 Å². The van der Waals surface area contributed by atoms with E-state index in [0.29, 0.717) is 21.7 Å². The minimum absolute atomic E-state index is 0.579. The van der Waals surface area contributed by atoms with Crippen molar-refractivity contribution >= 4 is 23.5 Å². The zero-order chi connectivity index (χ0) is 16.7. The van der Waals surface area contributed by atoms with E-state index >= 15 is 0 Å². The highest BCUT2D eigenvalue weighted by molar-refractivity contribution is 8.16. The van der Waals surface area contributed by atoms with Crippen LogP contribution >= 0.6 is 23.5 Å². The third-order valence-electron chi connectivity index (χ3n) is 9.97. The molecule has 23 heavy (non-hydrogen) atoms. The second kappa shape index (κ2) is 5.12. The van der Waals surface area contributed by atoms with Crippen LogP contribution in [0.3, 0.4) is 0 Å². The van der Waals surface area contributed by atoms with Crippen molar-refractivity contribution in [3.8, 4) is 0 Å².